The Morgan fingerprint density at radius 3 is 2.17 bits per heavy atom. The summed E-state index contributed by atoms with van der Waals surface area (Å²) in [4.78, 5) is 3.73. The van der Waals surface area contributed by atoms with Crippen LogP contribution in [0.15, 0.2) is 11.5 Å². The van der Waals surface area contributed by atoms with E-state index in [1.54, 1.807) is 0 Å². The maximum absolute atomic E-state index is 6.59. The Bertz CT molecular complexity index is 799. The lowest BCUT2D eigenvalue weighted by molar-refractivity contribution is -0.0517. The van der Waals surface area contributed by atoms with Crippen molar-refractivity contribution in [1.29, 1.82) is 0 Å². The van der Waals surface area contributed by atoms with Crippen LogP contribution in [0.2, 0.25) is 0 Å². The minimum absolute atomic E-state index is 0.0133. The van der Waals surface area contributed by atoms with Crippen LogP contribution < -0.4 is 51.2 Å². The van der Waals surface area contributed by atoms with Gasteiger partial charge in [0.15, 0.2) is 5.79 Å². The lowest BCUT2D eigenvalue weighted by Gasteiger charge is -2.54. The molecule has 2 saturated carbocycles. The molecule has 11 nitrogen and oxygen atoms in total. The molecule has 4 unspecified atom stereocenters. The van der Waals surface area contributed by atoms with Gasteiger partial charge >= 0.3 is 0 Å². The molecule has 4 atom stereocenters. The van der Waals surface area contributed by atoms with Crippen molar-refractivity contribution in [2.24, 2.45) is 45.9 Å². The Morgan fingerprint density at radius 1 is 0.886 bits per heavy atom. The van der Waals surface area contributed by atoms with Crippen LogP contribution >= 0.6 is 31.9 Å². The molecule has 0 bridgehead atoms. The molecule has 13 heteroatoms. The topological polar surface area (TPSA) is 233 Å². The summed E-state index contributed by atoms with van der Waals surface area (Å²) in [5.41, 5.74) is 46.2. The van der Waals surface area contributed by atoms with Gasteiger partial charge in [0.2, 0.25) is 0 Å². The lowest BCUT2D eigenvalue weighted by atomic mass is 9.81. The van der Waals surface area contributed by atoms with E-state index in [0.29, 0.717) is 21.7 Å². The lowest BCUT2D eigenvalue weighted by Crippen LogP contribution is -2.96. The van der Waals surface area contributed by atoms with E-state index in [4.69, 9.17) is 50.6 Å². The summed E-state index contributed by atoms with van der Waals surface area (Å²) < 4.78 is 6.59. The second-order valence-electron chi connectivity index (χ2n) is 11.1. The van der Waals surface area contributed by atoms with Gasteiger partial charge in [-0.05, 0) is 57.8 Å². The predicted octanol–water partition coefficient (Wildman–Crippen LogP) is -0.895. The van der Waals surface area contributed by atoms with E-state index in [9.17, 15) is 0 Å². The van der Waals surface area contributed by atoms with Crippen molar-refractivity contribution in [2.75, 3.05) is 0 Å². The van der Waals surface area contributed by atoms with E-state index in [1.165, 1.54) is 17.9 Å². The van der Waals surface area contributed by atoms with E-state index >= 15 is 0 Å². The molecule has 2 fully saturated rings. The van der Waals surface area contributed by atoms with Gasteiger partial charge in [0.05, 0.1) is 17.9 Å². The van der Waals surface area contributed by atoms with Crippen LogP contribution in [-0.4, -0.2) is 62.1 Å². The fraction of sp³-hybridized carbons (Fsp3) is 0.909. The van der Waals surface area contributed by atoms with Gasteiger partial charge < -0.3 is 44.0 Å². The molecule has 1 aliphatic heterocycles. The van der Waals surface area contributed by atoms with E-state index in [1.807, 2.05) is 0 Å². The normalized spacial score (nSPS) is 35.0. The first-order valence-corrected chi connectivity index (χ1v) is 14.5. The molecular formula is C22H44Br2N10O. The monoisotopic (exact) mass is 622 g/mol. The van der Waals surface area contributed by atoms with Crippen molar-refractivity contribution in [2.45, 2.75) is 121 Å². The van der Waals surface area contributed by atoms with Crippen LogP contribution in [0.3, 0.4) is 0 Å². The van der Waals surface area contributed by atoms with E-state index in [-0.39, 0.29) is 12.1 Å². The minimum atomic E-state index is -1.95. The number of nitrogens with zero attached hydrogens (tertiary/aromatic N) is 1. The highest BCUT2D eigenvalue weighted by molar-refractivity contribution is 9.09. The quantitative estimate of drug-likeness (QED) is 0.130. The first-order valence-electron chi connectivity index (χ1n) is 12.7. The van der Waals surface area contributed by atoms with Gasteiger partial charge in [-0.25, -0.2) is 0 Å². The summed E-state index contributed by atoms with van der Waals surface area (Å²) in [6, 6.07) is 0.882. The Balaban J connectivity index is 1.46. The number of allylic oxidation sites excluding steroid dienone is 2. The molecule has 4 rings (SSSR count). The van der Waals surface area contributed by atoms with Gasteiger partial charge in [0, 0.05) is 28.2 Å². The number of hydrogen-bond donors (Lipinski definition) is 9. The zero-order valence-electron chi connectivity index (χ0n) is 20.3. The molecule has 0 amide bonds. The Morgan fingerprint density at radius 2 is 1.54 bits per heavy atom. The minimum Gasteiger partial charge on any atom is -0.491 e. The second-order valence-corrected chi connectivity index (χ2v) is 13.7. The molecule has 0 aromatic carbocycles. The Kier molecular flexibility index (Phi) is 8.19. The maximum atomic E-state index is 6.59. The van der Waals surface area contributed by atoms with Crippen LogP contribution in [0.5, 0.6) is 0 Å². The molecule has 4 aliphatic rings. The molecule has 0 radical (unpaired) electrons. The average Bonchev–Trinajstić information content (AvgIpc) is 2.77. The van der Waals surface area contributed by atoms with Crippen molar-refractivity contribution < 1.29 is 4.74 Å². The molecule has 0 aromatic rings. The third-order valence-electron chi connectivity index (χ3n) is 8.56. The number of fused-ring (bicyclic) bond motifs is 1. The number of hydrogen-bond acceptors (Lipinski definition) is 11. The van der Waals surface area contributed by atoms with E-state index in [0.717, 1.165) is 57.8 Å². The smallest absolute Gasteiger partial charge is 0.154 e. The average molecular weight is 624 g/mol. The molecule has 1 heterocycles. The third kappa shape index (κ3) is 5.29. The zero-order chi connectivity index (χ0) is 25.8. The van der Waals surface area contributed by atoms with Gasteiger partial charge in [-0.1, -0.05) is 31.9 Å². The highest BCUT2D eigenvalue weighted by Gasteiger charge is 2.55. The molecule has 0 spiro atoms. The van der Waals surface area contributed by atoms with Crippen molar-refractivity contribution in [1.82, 2.24) is 10.2 Å². The van der Waals surface area contributed by atoms with Crippen molar-refractivity contribution in [3.63, 3.8) is 0 Å². The Labute approximate surface area is 225 Å². The summed E-state index contributed by atoms with van der Waals surface area (Å²) in [5.74, 6) is -0.589. The van der Waals surface area contributed by atoms with Crippen molar-refractivity contribution >= 4 is 31.9 Å². The van der Waals surface area contributed by atoms with Crippen LogP contribution in [-0.2, 0) is 4.74 Å². The van der Waals surface area contributed by atoms with Gasteiger partial charge in [-0.15, -0.1) is 0 Å². The molecule has 0 saturated heterocycles. The standard InChI is InChI=1S/C22H44Br2N10O/c23-11-1-7-15-17(9-11)35-18-10-12(24)2-8-16(18)34(15)14-5-3-13(4-6-14)33-22(31,32)21(29,30)20(27,28)19(25)26/h11-15,17,19,33H,1-10,25-32H2. The number of halogens is 2. The SMILES string of the molecule is NC(N)C(N)(N)C(N)(N)C(N)(N)NC1CCC(N2C3=C(CC(Br)CC3)OC3CC(Br)CCC32)CC1. The van der Waals surface area contributed by atoms with Crippen LogP contribution in [0.4, 0.5) is 0 Å². The van der Waals surface area contributed by atoms with E-state index in [2.05, 4.69) is 42.1 Å². The fourth-order valence-corrected chi connectivity index (χ4v) is 7.37. The highest BCUT2D eigenvalue weighted by atomic mass is 79.9. The third-order valence-corrected chi connectivity index (χ3v) is 10.2. The molecule has 17 N–H and O–H groups in total. The van der Waals surface area contributed by atoms with Crippen LogP contribution in [0, 0.1) is 0 Å². The number of nitrogens with one attached hydrogen (secondary N) is 1. The molecule has 35 heavy (non-hydrogen) atoms. The molecule has 202 valence electrons. The van der Waals surface area contributed by atoms with Crippen LogP contribution in [0.25, 0.3) is 0 Å². The fourth-order valence-electron chi connectivity index (χ4n) is 6.22. The van der Waals surface area contributed by atoms with Gasteiger partial charge in [-0.3, -0.25) is 16.8 Å². The number of rotatable bonds is 6. The first kappa shape index (κ1) is 28.0. The first-order chi connectivity index (χ1) is 16.2. The number of alkyl halides is 2. The number of nitrogens with two attached hydrogens (primary N) is 8. The van der Waals surface area contributed by atoms with Crippen molar-refractivity contribution in [3.8, 4) is 0 Å². The van der Waals surface area contributed by atoms with Gasteiger partial charge in [-0.2, -0.15) is 0 Å². The van der Waals surface area contributed by atoms with Gasteiger partial charge in [0.25, 0.3) is 0 Å². The number of ether oxygens (including phenoxy) is 1. The summed E-state index contributed by atoms with van der Waals surface area (Å²) in [5, 5.41) is 3.21. The van der Waals surface area contributed by atoms with Gasteiger partial charge in [0.1, 0.15) is 23.2 Å². The van der Waals surface area contributed by atoms with E-state index < -0.39 is 23.3 Å². The predicted molar refractivity (Wildman–Crippen MR) is 145 cm³/mol. The summed E-state index contributed by atoms with van der Waals surface area (Å²) in [6.45, 7) is 0. The molecule has 0 aromatic heterocycles. The summed E-state index contributed by atoms with van der Waals surface area (Å²) >= 11 is 7.64. The second kappa shape index (κ2) is 10.3. The maximum Gasteiger partial charge on any atom is 0.154 e. The summed E-state index contributed by atoms with van der Waals surface area (Å²) in [7, 11) is 0. The highest BCUT2D eigenvalue weighted by Crippen LogP contribution is 2.45. The molecular weight excluding hydrogens is 580 g/mol. The zero-order valence-corrected chi connectivity index (χ0v) is 23.5. The summed E-state index contributed by atoms with van der Waals surface area (Å²) in [6.07, 6.45) is 9.26. The Hall–Kier alpha value is -0.0600. The molecule has 3 aliphatic carbocycles. The van der Waals surface area contributed by atoms with Crippen LogP contribution in [0.1, 0.15) is 64.2 Å². The van der Waals surface area contributed by atoms with Crippen molar-refractivity contribution in [3.05, 3.63) is 11.5 Å². The largest absolute Gasteiger partial charge is 0.491 e.